The number of benzene rings is 1. The first-order valence-corrected chi connectivity index (χ1v) is 8.48. The molecule has 0 aromatic heterocycles. The molecular formula is C19H28N2O3. The number of ether oxygens (including phenoxy) is 2. The molecule has 1 N–H and O–H groups in total. The van der Waals surface area contributed by atoms with Gasteiger partial charge < -0.3 is 14.8 Å². The molecule has 0 saturated carbocycles. The summed E-state index contributed by atoms with van der Waals surface area (Å²) in [6.07, 6.45) is 1.49. The number of carbonyl (C=O) groups excluding carboxylic acids is 1. The summed E-state index contributed by atoms with van der Waals surface area (Å²) in [5.41, 5.74) is -0.0751. The van der Waals surface area contributed by atoms with Gasteiger partial charge in [-0.05, 0) is 50.8 Å². The van der Waals surface area contributed by atoms with E-state index in [1.165, 1.54) is 0 Å². The molecule has 1 rings (SSSR count). The predicted octanol–water partition coefficient (Wildman–Crippen LogP) is 4.13. The van der Waals surface area contributed by atoms with Gasteiger partial charge in [0, 0.05) is 6.61 Å². The first kappa shape index (κ1) is 20.0. The maximum atomic E-state index is 12.7. The molecule has 0 radical (unpaired) electrons. The average molecular weight is 332 g/mol. The lowest BCUT2D eigenvalue weighted by molar-refractivity contribution is -0.140. The molecule has 5 nitrogen and oxygen atoms in total. The van der Waals surface area contributed by atoms with Gasteiger partial charge in [-0.1, -0.05) is 20.8 Å². The van der Waals surface area contributed by atoms with Crippen molar-refractivity contribution in [2.75, 3.05) is 18.5 Å². The number of nitrogens with one attached hydrogen (secondary N) is 1. The van der Waals surface area contributed by atoms with Crippen molar-refractivity contribution in [2.45, 2.75) is 53.1 Å². The number of nitrogens with zero attached hydrogens (tertiary/aromatic N) is 1. The van der Waals surface area contributed by atoms with Crippen LogP contribution in [0.25, 0.3) is 0 Å². The zero-order valence-corrected chi connectivity index (χ0v) is 15.3. The molecule has 1 aromatic rings. The number of carbonyl (C=O) groups is 1. The third kappa shape index (κ3) is 5.54. The second kappa shape index (κ2) is 9.29. The Balaban J connectivity index is 2.97. The standard InChI is InChI=1S/C19H28N2O3/c1-6-10-23-16-8-9-17(15(11-16)13-20)21-18(22)19(5,24-7-2)12-14(3)4/h8-9,11,14H,6-7,10,12H2,1-5H3,(H,21,22). The van der Waals surface area contributed by atoms with Crippen LogP contribution in [0.5, 0.6) is 5.75 Å². The summed E-state index contributed by atoms with van der Waals surface area (Å²) in [6, 6.07) is 7.21. The third-order valence-electron chi connectivity index (χ3n) is 3.57. The van der Waals surface area contributed by atoms with Gasteiger partial charge in [-0.3, -0.25) is 4.79 Å². The first-order valence-electron chi connectivity index (χ1n) is 8.48. The molecule has 1 atom stereocenters. The maximum Gasteiger partial charge on any atom is 0.256 e. The topological polar surface area (TPSA) is 71.3 Å². The summed E-state index contributed by atoms with van der Waals surface area (Å²) in [6.45, 7) is 10.8. The molecule has 0 heterocycles. The van der Waals surface area contributed by atoms with Crippen LogP contribution in [0.2, 0.25) is 0 Å². The largest absolute Gasteiger partial charge is 0.494 e. The van der Waals surface area contributed by atoms with E-state index in [1.54, 1.807) is 25.1 Å². The minimum Gasteiger partial charge on any atom is -0.494 e. The van der Waals surface area contributed by atoms with E-state index >= 15 is 0 Å². The minimum atomic E-state index is -0.924. The van der Waals surface area contributed by atoms with Crippen LogP contribution >= 0.6 is 0 Å². The first-order chi connectivity index (χ1) is 11.4. The number of amides is 1. The predicted molar refractivity (Wildman–Crippen MR) is 95.1 cm³/mol. The van der Waals surface area contributed by atoms with Crippen LogP contribution in [-0.2, 0) is 9.53 Å². The van der Waals surface area contributed by atoms with Crippen molar-refractivity contribution >= 4 is 11.6 Å². The molecular weight excluding hydrogens is 304 g/mol. The Labute approximate surface area is 145 Å². The fourth-order valence-corrected chi connectivity index (χ4v) is 2.60. The van der Waals surface area contributed by atoms with E-state index in [-0.39, 0.29) is 5.91 Å². The van der Waals surface area contributed by atoms with Gasteiger partial charge in [-0.15, -0.1) is 0 Å². The van der Waals surface area contributed by atoms with Crippen LogP contribution in [-0.4, -0.2) is 24.7 Å². The van der Waals surface area contributed by atoms with Crippen LogP contribution in [0, 0.1) is 17.2 Å². The molecule has 1 unspecified atom stereocenters. The maximum absolute atomic E-state index is 12.7. The summed E-state index contributed by atoms with van der Waals surface area (Å²) < 4.78 is 11.2. The van der Waals surface area contributed by atoms with Crippen molar-refractivity contribution in [1.29, 1.82) is 5.26 Å². The van der Waals surface area contributed by atoms with Gasteiger partial charge in [0.15, 0.2) is 0 Å². The van der Waals surface area contributed by atoms with E-state index < -0.39 is 5.60 Å². The normalized spacial score (nSPS) is 13.2. The molecule has 0 aliphatic heterocycles. The Morgan fingerprint density at radius 1 is 1.38 bits per heavy atom. The Morgan fingerprint density at radius 3 is 2.62 bits per heavy atom. The Kier molecular flexibility index (Phi) is 7.73. The van der Waals surface area contributed by atoms with Crippen molar-refractivity contribution < 1.29 is 14.3 Å². The molecule has 1 aromatic carbocycles. The summed E-state index contributed by atoms with van der Waals surface area (Å²) in [5.74, 6) is 0.700. The van der Waals surface area contributed by atoms with Crippen molar-refractivity contribution in [3.63, 3.8) is 0 Å². The molecule has 5 heteroatoms. The highest BCUT2D eigenvalue weighted by atomic mass is 16.5. The van der Waals surface area contributed by atoms with Gasteiger partial charge in [0.05, 0.1) is 17.9 Å². The van der Waals surface area contributed by atoms with E-state index in [4.69, 9.17) is 9.47 Å². The van der Waals surface area contributed by atoms with Gasteiger partial charge in [-0.25, -0.2) is 0 Å². The molecule has 0 spiro atoms. The summed E-state index contributed by atoms with van der Waals surface area (Å²) >= 11 is 0. The third-order valence-corrected chi connectivity index (χ3v) is 3.57. The monoisotopic (exact) mass is 332 g/mol. The second-order valence-corrected chi connectivity index (χ2v) is 6.38. The number of hydrogen-bond donors (Lipinski definition) is 1. The lowest BCUT2D eigenvalue weighted by Gasteiger charge is -2.30. The SMILES string of the molecule is CCCOc1ccc(NC(=O)C(C)(CC(C)C)OCC)c(C#N)c1. The molecule has 0 fully saturated rings. The van der Waals surface area contributed by atoms with Crippen LogP contribution < -0.4 is 10.1 Å². The van der Waals surface area contributed by atoms with Gasteiger partial charge in [0.1, 0.15) is 17.4 Å². The lowest BCUT2D eigenvalue weighted by atomic mass is 9.93. The number of hydrogen-bond acceptors (Lipinski definition) is 4. The second-order valence-electron chi connectivity index (χ2n) is 6.38. The minimum absolute atomic E-state index is 0.239. The van der Waals surface area contributed by atoms with Crippen LogP contribution in [0.1, 0.15) is 53.0 Å². The molecule has 132 valence electrons. The smallest absolute Gasteiger partial charge is 0.256 e. The van der Waals surface area contributed by atoms with E-state index in [0.29, 0.717) is 42.6 Å². The Bertz CT molecular complexity index is 593. The van der Waals surface area contributed by atoms with Crippen molar-refractivity contribution in [1.82, 2.24) is 0 Å². The van der Waals surface area contributed by atoms with Gasteiger partial charge in [0.2, 0.25) is 0 Å². The molecule has 0 aliphatic rings. The van der Waals surface area contributed by atoms with Crippen molar-refractivity contribution in [3.05, 3.63) is 23.8 Å². The quantitative estimate of drug-likeness (QED) is 0.738. The van der Waals surface area contributed by atoms with E-state index in [9.17, 15) is 10.1 Å². The lowest BCUT2D eigenvalue weighted by Crippen LogP contribution is -2.44. The Morgan fingerprint density at radius 2 is 2.08 bits per heavy atom. The summed E-state index contributed by atoms with van der Waals surface area (Å²) in [5, 5.41) is 12.2. The molecule has 0 aliphatic carbocycles. The van der Waals surface area contributed by atoms with Crippen molar-refractivity contribution in [2.24, 2.45) is 5.92 Å². The molecule has 0 saturated heterocycles. The fraction of sp³-hybridized carbons (Fsp3) is 0.579. The zero-order chi connectivity index (χ0) is 18.2. The van der Waals surface area contributed by atoms with Gasteiger partial charge >= 0.3 is 0 Å². The fourth-order valence-electron chi connectivity index (χ4n) is 2.60. The van der Waals surface area contributed by atoms with Crippen LogP contribution in [0.3, 0.4) is 0 Å². The molecule has 24 heavy (non-hydrogen) atoms. The van der Waals surface area contributed by atoms with Gasteiger partial charge in [-0.2, -0.15) is 5.26 Å². The van der Waals surface area contributed by atoms with E-state index in [0.717, 1.165) is 6.42 Å². The number of anilines is 1. The highest BCUT2D eigenvalue weighted by Crippen LogP contribution is 2.26. The molecule has 1 amide bonds. The summed E-state index contributed by atoms with van der Waals surface area (Å²) in [4.78, 5) is 12.7. The van der Waals surface area contributed by atoms with Crippen molar-refractivity contribution in [3.8, 4) is 11.8 Å². The zero-order valence-electron chi connectivity index (χ0n) is 15.3. The van der Waals surface area contributed by atoms with Crippen LogP contribution in [0.4, 0.5) is 5.69 Å². The van der Waals surface area contributed by atoms with E-state index in [2.05, 4.69) is 11.4 Å². The van der Waals surface area contributed by atoms with E-state index in [1.807, 2.05) is 27.7 Å². The number of rotatable bonds is 9. The highest BCUT2D eigenvalue weighted by molar-refractivity contribution is 5.98. The van der Waals surface area contributed by atoms with Crippen LogP contribution in [0.15, 0.2) is 18.2 Å². The summed E-state index contributed by atoms with van der Waals surface area (Å²) in [7, 11) is 0. The average Bonchev–Trinajstić information content (AvgIpc) is 2.53. The Hall–Kier alpha value is -2.06. The highest BCUT2D eigenvalue weighted by Gasteiger charge is 2.35. The molecule has 0 bridgehead atoms. The number of nitriles is 1. The van der Waals surface area contributed by atoms with Gasteiger partial charge in [0.25, 0.3) is 5.91 Å².